The minimum Gasteiger partial charge on any atom is -0.504 e. The number of carbonyl (C=O) groups is 1. The number of halogens is 3. The van der Waals surface area contributed by atoms with Gasteiger partial charge in [0, 0.05) is 5.56 Å². The topological polar surface area (TPSA) is 76.0 Å². The maximum absolute atomic E-state index is 12.7. The second-order valence-electron chi connectivity index (χ2n) is 3.74. The summed E-state index contributed by atoms with van der Waals surface area (Å²) in [5.74, 6) is -2.90. The van der Waals surface area contributed by atoms with Crippen molar-refractivity contribution in [3.8, 4) is 11.5 Å². The zero-order chi connectivity index (χ0) is 15.5. The van der Waals surface area contributed by atoms with E-state index in [0.717, 1.165) is 13.2 Å². The summed E-state index contributed by atoms with van der Waals surface area (Å²) in [7, 11) is 0.935. The Morgan fingerprint density at radius 3 is 2.45 bits per heavy atom. The molecule has 8 heteroatoms. The normalized spacial score (nSPS) is 12.9. The number of esters is 1. The van der Waals surface area contributed by atoms with Gasteiger partial charge in [-0.05, 0) is 13.0 Å². The van der Waals surface area contributed by atoms with Crippen molar-refractivity contribution >= 4 is 5.97 Å². The van der Waals surface area contributed by atoms with Crippen LogP contribution in [0.15, 0.2) is 12.1 Å². The van der Waals surface area contributed by atoms with E-state index in [2.05, 4.69) is 9.47 Å². The SMILES string of the molecule is CCOC(=O)C(O)c1ccc(C(F)(F)F)c(OC)c1O. The van der Waals surface area contributed by atoms with Gasteiger partial charge in [-0.15, -0.1) is 0 Å². The van der Waals surface area contributed by atoms with Crippen molar-refractivity contribution in [3.05, 3.63) is 23.3 Å². The van der Waals surface area contributed by atoms with E-state index in [-0.39, 0.29) is 6.61 Å². The molecule has 0 aliphatic carbocycles. The number of hydrogen-bond acceptors (Lipinski definition) is 5. The number of rotatable bonds is 4. The second-order valence-corrected chi connectivity index (χ2v) is 3.74. The van der Waals surface area contributed by atoms with E-state index in [1.165, 1.54) is 6.92 Å². The predicted molar refractivity (Wildman–Crippen MR) is 61.3 cm³/mol. The number of aliphatic hydroxyl groups is 1. The highest BCUT2D eigenvalue weighted by Gasteiger charge is 2.37. The van der Waals surface area contributed by atoms with Crippen molar-refractivity contribution in [2.75, 3.05) is 13.7 Å². The van der Waals surface area contributed by atoms with Gasteiger partial charge in [0.05, 0.1) is 13.7 Å². The fourth-order valence-corrected chi connectivity index (χ4v) is 1.59. The quantitative estimate of drug-likeness (QED) is 0.831. The molecule has 1 aromatic rings. The minimum atomic E-state index is -4.74. The number of hydrogen-bond donors (Lipinski definition) is 2. The summed E-state index contributed by atoms with van der Waals surface area (Å²) in [5, 5.41) is 19.4. The van der Waals surface area contributed by atoms with Gasteiger partial charge in [-0.2, -0.15) is 13.2 Å². The van der Waals surface area contributed by atoms with Crippen LogP contribution in [-0.4, -0.2) is 29.9 Å². The molecule has 0 fully saturated rings. The average Bonchev–Trinajstić information content (AvgIpc) is 2.36. The van der Waals surface area contributed by atoms with Crippen LogP contribution in [0.3, 0.4) is 0 Å². The second kappa shape index (κ2) is 6.00. The smallest absolute Gasteiger partial charge is 0.420 e. The number of ether oxygens (including phenoxy) is 2. The number of phenolic OH excluding ortho intramolecular Hbond substituents is 1. The highest BCUT2D eigenvalue weighted by atomic mass is 19.4. The highest BCUT2D eigenvalue weighted by Crippen LogP contribution is 2.44. The summed E-state index contributed by atoms with van der Waals surface area (Å²) in [4.78, 5) is 11.3. The molecule has 2 N–H and O–H groups in total. The van der Waals surface area contributed by atoms with E-state index >= 15 is 0 Å². The molecule has 20 heavy (non-hydrogen) atoms. The van der Waals surface area contributed by atoms with Gasteiger partial charge in [-0.1, -0.05) is 6.07 Å². The van der Waals surface area contributed by atoms with Crippen LogP contribution in [0, 0.1) is 0 Å². The van der Waals surface area contributed by atoms with E-state index in [1.807, 2.05) is 0 Å². The van der Waals surface area contributed by atoms with Gasteiger partial charge in [-0.25, -0.2) is 4.79 Å². The van der Waals surface area contributed by atoms with Crippen molar-refractivity contribution in [2.45, 2.75) is 19.2 Å². The van der Waals surface area contributed by atoms with Crippen LogP contribution in [0.1, 0.15) is 24.2 Å². The van der Waals surface area contributed by atoms with Crippen LogP contribution in [0.25, 0.3) is 0 Å². The van der Waals surface area contributed by atoms with Gasteiger partial charge < -0.3 is 19.7 Å². The fraction of sp³-hybridized carbons (Fsp3) is 0.417. The Balaban J connectivity index is 3.29. The van der Waals surface area contributed by atoms with Crippen molar-refractivity contribution in [3.63, 3.8) is 0 Å². The number of aliphatic hydroxyl groups excluding tert-OH is 1. The monoisotopic (exact) mass is 294 g/mol. The molecule has 1 aromatic carbocycles. The summed E-state index contributed by atoms with van der Waals surface area (Å²) in [6.45, 7) is 1.48. The Morgan fingerprint density at radius 2 is 2.00 bits per heavy atom. The number of alkyl halides is 3. The Kier molecular flexibility index (Phi) is 4.83. The first-order valence-electron chi connectivity index (χ1n) is 5.55. The number of methoxy groups -OCH3 is 1. The van der Waals surface area contributed by atoms with E-state index in [1.54, 1.807) is 0 Å². The summed E-state index contributed by atoms with van der Waals surface area (Å²) in [6.07, 6.45) is -6.64. The molecule has 0 saturated carbocycles. The van der Waals surface area contributed by atoms with Crippen LogP contribution < -0.4 is 4.74 Å². The molecule has 0 aromatic heterocycles. The summed E-state index contributed by atoms with van der Waals surface area (Å²) >= 11 is 0. The largest absolute Gasteiger partial charge is 0.504 e. The third-order valence-electron chi connectivity index (χ3n) is 2.48. The lowest BCUT2D eigenvalue weighted by Crippen LogP contribution is -2.16. The molecule has 0 radical (unpaired) electrons. The van der Waals surface area contributed by atoms with Crippen molar-refractivity contribution in [2.24, 2.45) is 0 Å². The number of benzene rings is 1. The molecular weight excluding hydrogens is 281 g/mol. The van der Waals surface area contributed by atoms with E-state index in [9.17, 15) is 28.2 Å². The molecule has 0 saturated heterocycles. The van der Waals surface area contributed by atoms with E-state index in [0.29, 0.717) is 6.07 Å². The first-order valence-corrected chi connectivity index (χ1v) is 5.55. The molecule has 0 aliphatic rings. The standard InChI is InChI=1S/C12H13F3O5/c1-3-20-11(18)9(17)6-4-5-7(12(13,14)15)10(19-2)8(6)16/h4-5,9,16-17H,3H2,1-2H3. The molecule has 112 valence electrons. The van der Waals surface area contributed by atoms with Crippen LogP contribution in [0.2, 0.25) is 0 Å². The zero-order valence-electron chi connectivity index (χ0n) is 10.7. The molecular formula is C12H13F3O5. The molecule has 1 atom stereocenters. The molecule has 0 amide bonds. The third kappa shape index (κ3) is 3.13. The molecule has 0 spiro atoms. The van der Waals surface area contributed by atoms with Gasteiger partial charge in [0.15, 0.2) is 17.6 Å². The first-order chi connectivity index (χ1) is 9.23. The Morgan fingerprint density at radius 1 is 1.40 bits per heavy atom. The van der Waals surface area contributed by atoms with Crippen LogP contribution in [0.5, 0.6) is 11.5 Å². The summed E-state index contributed by atoms with van der Waals surface area (Å²) in [5.41, 5.74) is -1.63. The molecule has 1 rings (SSSR count). The van der Waals surface area contributed by atoms with Gasteiger partial charge in [0.1, 0.15) is 5.56 Å². The Hall–Kier alpha value is -1.96. The minimum absolute atomic E-state index is 0.0194. The molecule has 0 bridgehead atoms. The highest BCUT2D eigenvalue weighted by molar-refractivity contribution is 5.78. The van der Waals surface area contributed by atoms with Gasteiger partial charge >= 0.3 is 12.1 Å². The lowest BCUT2D eigenvalue weighted by molar-refractivity contribution is -0.153. The Labute approximate surface area is 112 Å². The van der Waals surface area contributed by atoms with Crippen molar-refractivity contribution in [1.82, 2.24) is 0 Å². The third-order valence-corrected chi connectivity index (χ3v) is 2.48. The Bertz CT molecular complexity index is 499. The lowest BCUT2D eigenvalue weighted by atomic mass is 10.0. The number of carbonyl (C=O) groups excluding carboxylic acids is 1. The first kappa shape index (κ1) is 16.1. The van der Waals surface area contributed by atoms with E-state index < -0.39 is 40.9 Å². The fourth-order valence-electron chi connectivity index (χ4n) is 1.59. The van der Waals surface area contributed by atoms with Crippen molar-refractivity contribution < 1.29 is 37.7 Å². The maximum atomic E-state index is 12.7. The van der Waals surface area contributed by atoms with Crippen LogP contribution in [0.4, 0.5) is 13.2 Å². The molecule has 1 unspecified atom stereocenters. The summed E-state index contributed by atoms with van der Waals surface area (Å²) in [6, 6.07) is 1.40. The average molecular weight is 294 g/mol. The predicted octanol–water partition coefficient (Wildman–Crippen LogP) is 2.02. The van der Waals surface area contributed by atoms with E-state index in [4.69, 9.17) is 0 Å². The molecule has 5 nitrogen and oxygen atoms in total. The molecule has 0 aliphatic heterocycles. The maximum Gasteiger partial charge on any atom is 0.420 e. The molecule has 0 heterocycles. The number of aromatic hydroxyl groups is 1. The van der Waals surface area contributed by atoms with Crippen molar-refractivity contribution in [1.29, 1.82) is 0 Å². The van der Waals surface area contributed by atoms with Crippen LogP contribution >= 0.6 is 0 Å². The summed E-state index contributed by atoms with van der Waals surface area (Å²) < 4.78 is 47.1. The lowest BCUT2D eigenvalue weighted by Gasteiger charge is -2.17. The zero-order valence-corrected chi connectivity index (χ0v) is 10.7. The number of phenols is 1. The van der Waals surface area contributed by atoms with Crippen LogP contribution in [-0.2, 0) is 15.7 Å². The van der Waals surface area contributed by atoms with Gasteiger partial charge in [-0.3, -0.25) is 0 Å². The van der Waals surface area contributed by atoms with Gasteiger partial charge in [0.2, 0.25) is 0 Å². The van der Waals surface area contributed by atoms with Gasteiger partial charge in [0.25, 0.3) is 0 Å².